The molecule has 7 nitrogen and oxygen atoms in total. The summed E-state index contributed by atoms with van der Waals surface area (Å²) < 4.78 is 32.8. The highest BCUT2D eigenvalue weighted by atomic mass is 32.2. The average Bonchev–Trinajstić information content (AvgIpc) is 2.93. The second-order valence-electron chi connectivity index (χ2n) is 4.71. The Balaban J connectivity index is 1.84. The molecule has 1 atom stereocenters. The minimum absolute atomic E-state index is 0.198. The Morgan fingerprint density at radius 2 is 2.37 bits per heavy atom. The summed E-state index contributed by atoms with van der Waals surface area (Å²) in [4.78, 5) is 11.2. The maximum atomic E-state index is 11.3. The van der Waals surface area contributed by atoms with Gasteiger partial charge in [0.25, 0.3) is 0 Å². The lowest BCUT2D eigenvalue weighted by atomic mass is 10.1. The number of aromatic amines is 1. The van der Waals surface area contributed by atoms with Crippen LogP contribution < -0.4 is 0 Å². The lowest BCUT2D eigenvalue weighted by Crippen LogP contribution is -2.36. The molecule has 19 heavy (non-hydrogen) atoms. The standard InChI is InChI=1S/C11H14N4O3S/c16-19(17,18)15-3-1-2-10(15)5-9-4-8-6-12-7-13-11(8)14-9/h4,6-7,10H,1-3,5H2,(H,12,13,14)(H,16,17,18)/t10-/m1/s1. The first-order valence-electron chi connectivity index (χ1n) is 6.06. The summed E-state index contributed by atoms with van der Waals surface area (Å²) in [5, 5.41) is 0.897. The fraction of sp³-hybridized carbons (Fsp3) is 0.455. The van der Waals surface area contributed by atoms with Gasteiger partial charge < -0.3 is 4.98 Å². The quantitative estimate of drug-likeness (QED) is 0.810. The minimum Gasteiger partial charge on any atom is -0.343 e. The fourth-order valence-electron chi connectivity index (χ4n) is 2.61. The number of nitrogens with zero attached hydrogens (tertiary/aromatic N) is 3. The molecule has 0 aromatic carbocycles. The van der Waals surface area contributed by atoms with Crippen molar-refractivity contribution in [2.75, 3.05) is 6.54 Å². The van der Waals surface area contributed by atoms with E-state index in [1.165, 1.54) is 6.33 Å². The van der Waals surface area contributed by atoms with E-state index in [-0.39, 0.29) is 6.04 Å². The van der Waals surface area contributed by atoms with Gasteiger partial charge in [-0.1, -0.05) is 0 Å². The SMILES string of the molecule is O=S(=O)(O)N1CCC[C@@H]1Cc1cc2cncnc2[nH]1. The van der Waals surface area contributed by atoms with Gasteiger partial charge in [-0.2, -0.15) is 12.7 Å². The number of nitrogens with one attached hydrogen (secondary N) is 1. The first-order chi connectivity index (χ1) is 9.04. The summed E-state index contributed by atoms with van der Waals surface area (Å²) in [6, 6.07) is 1.71. The van der Waals surface area contributed by atoms with E-state index in [0.717, 1.165) is 33.9 Å². The number of fused-ring (bicyclic) bond motifs is 1. The van der Waals surface area contributed by atoms with E-state index >= 15 is 0 Å². The molecule has 0 spiro atoms. The summed E-state index contributed by atoms with van der Waals surface area (Å²) in [5.74, 6) is 0. The maximum Gasteiger partial charge on any atom is 0.336 e. The van der Waals surface area contributed by atoms with Crippen molar-refractivity contribution >= 4 is 21.3 Å². The third kappa shape index (κ3) is 2.46. The Kier molecular flexibility index (Phi) is 3.00. The van der Waals surface area contributed by atoms with Crippen molar-refractivity contribution in [2.45, 2.75) is 25.3 Å². The highest BCUT2D eigenvalue weighted by molar-refractivity contribution is 7.83. The van der Waals surface area contributed by atoms with E-state index < -0.39 is 10.3 Å². The van der Waals surface area contributed by atoms with Gasteiger partial charge in [-0.25, -0.2) is 9.97 Å². The van der Waals surface area contributed by atoms with E-state index in [0.29, 0.717) is 13.0 Å². The number of hydrogen-bond acceptors (Lipinski definition) is 4. The number of rotatable bonds is 3. The molecule has 1 aliphatic rings. The summed E-state index contributed by atoms with van der Waals surface area (Å²) >= 11 is 0. The molecule has 0 aliphatic carbocycles. The second kappa shape index (κ2) is 4.55. The first-order valence-corrected chi connectivity index (χ1v) is 7.45. The molecule has 2 aromatic rings. The molecular weight excluding hydrogens is 268 g/mol. The largest absolute Gasteiger partial charge is 0.343 e. The van der Waals surface area contributed by atoms with E-state index in [1.54, 1.807) is 6.20 Å². The molecule has 3 heterocycles. The third-order valence-corrected chi connectivity index (χ3v) is 4.50. The zero-order valence-corrected chi connectivity index (χ0v) is 11.0. The van der Waals surface area contributed by atoms with Crippen LogP contribution in [0.15, 0.2) is 18.6 Å². The average molecular weight is 282 g/mol. The Hall–Kier alpha value is -1.51. The van der Waals surface area contributed by atoms with E-state index in [2.05, 4.69) is 15.0 Å². The van der Waals surface area contributed by atoms with Crippen LogP contribution in [0.4, 0.5) is 0 Å². The van der Waals surface area contributed by atoms with Crippen LogP contribution in [0.2, 0.25) is 0 Å². The summed E-state index contributed by atoms with van der Waals surface area (Å²) in [5.41, 5.74) is 1.64. The van der Waals surface area contributed by atoms with Gasteiger partial charge in [0.05, 0.1) is 0 Å². The summed E-state index contributed by atoms with van der Waals surface area (Å²) in [6.45, 7) is 0.379. The Morgan fingerprint density at radius 3 is 3.11 bits per heavy atom. The lowest BCUT2D eigenvalue weighted by molar-refractivity contribution is 0.333. The van der Waals surface area contributed by atoms with Gasteiger partial charge >= 0.3 is 10.3 Å². The van der Waals surface area contributed by atoms with Crippen LogP contribution in [-0.2, 0) is 16.7 Å². The molecule has 2 aromatic heterocycles. The Morgan fingerprint density at radius 1 is 1.53 bits per heavy atom. The predicted octanol–water partition coefficient (Wildman–Crippen LogP) is 0.768. The van der Waals surface area contributed by atoms with Gasteiger partial charge in [0.1, 0.15) is 12.0 Å². The monoisotopic (exact) mass is 282 g/mol. The van der Waals surface area contributed by atoms with Crippen molar-refractivity contribution in [1.82, 2.24) is 19.3 Å². The normalized spacial score (nSPS) is 21.2. The number of hydrogen-bond donors (Lipinski definition) is 2. The molecule has 102 valence electrons. The van der Waals surface area contributed by atoms with Gasteiger partial charge in [-0.15, -0.1) is 0 Å². The van der Waals surface area contributed by atoms with Crippen LogP contribution in [0, 0.1) is 0 Å². The molecule has 2 N–H and O–H groups in total. The van der Waals surface area contributed by atoms with E-state index in [1.807, 2.05) is 6.07 Å². The van der Waals surface area contributed by atoms with Gasteiger partial charge in [0, 0.05) is 36.3 Å². The zero-order valence-electron chi connectivity index (χ0n) is 10.2. The van der Waals surface area contributed by atoms with Gasteiger partial charge in [-0.05, 0) is 18.9 Å². The maximum absolute atomic E-state index is 11.3. The molecular formula is C11H14N4O3S. The molecule has 0 unspecified atom stereocenters. The molecule has 0 bridgehead atoms. The number of H-pyrrole nitrogens is 1. The van der Waals surface area contributed by atoms with Crippen LogP contribution in [0.3, 0.4) is 0 Å². The Bertz CT molecular complexity index is 664. The molecule has 0 saturated carbocycles. The van der Waals surface area contributed by atoms with Gasteiger partial charge in [0.2, 0.25) is 0 Å². The highest BCUT2D eigenvalue weighted by Gasteiger charge is 2.33. The van der Waals surface area contributed by atoms with Crippen molar-refractivity contribution in [1.29, 1.82) is 0 Å². The topological polar surface area (TPSA) is 99.2 Å². The van der Waals surface area contributed by atoms with Gasteiger partial charge in [0.15, 0.2) is 0 Å². The first kappa shape index (κ1) is 12.5. The summed E-state index contributed by atoms with van der Waals surface area (Å²) in [6.07, 6.45) is 5.22. The van der Waals surface area contributed by atoms with E-state index in [4.69, 9.17) is 0 Å². The van der Waals surface area contributed by atoms with Gasteiger partial charge in [-0.3, -0.25) is 4.55 Å². The third-order valence-electron chi connectivity index (χ3n) is 3.42. The zero-order chi connectivity index (χ0) is 13.5. The van der Waals surface area contributed by atoms with Crippen LogP contribution >= 0.6 is 0 Å². The molecule has 1 fully saturated rings. The molecule has 1 saturated heterocycles. The van der Waals surface area contributed by atoms with Crippen LogP contribution in [0.5, 0.6) is 0 Å². The lowest BCUT2D eigenvalue weighted by Gasteiger charge is -2.19. The molecule has 0 amide bonds. The second-order valence-corrected chi connectivity index (χ2v) is 6.07. The van der Waals surface area contributed by atoms with Crippen molar-refractivity contribution in [3.05, 3.63) is 24.3 Å². The van der Waals surface area contributed by atoms with Crippen molar-refractivity contribution in [2.24, 2.45) is 0 Å². The van der Waals surface area contributed by atoms with Crippen LogP contribution in [0.1, 0.15) is 18.5 Å². The molecule has 3 rings (SSSR count). The molecule has 0 radical (unpaired) electrons. The fourth-order valence-corrected chi connectivity index (χ4v) is 3.52. The smallest absolute Gasteiger partial charge is 0.336 e. The minimum atomic E-state index is -4.11. The van der Waals surface area contributed by atoms with Crippen molar-refractivity contribution < 1.29 is 13.0 Å². The molecule has 8 heteroatoms. The highest BCUT2D eigenvalue weighted by Crippen LogP contribution is 2.24. The van der Waals surface area contributed by atoms with Crippen molar-refractivity contribution in [3.63, 3.8) is 0 Å². The Labute approximate surface area is 110 Å². The predicted molar refractivity (Wildman–Crippen MR) is 68.9 cm³/mol. The van der Waals surface area contributed by atoms with E-state index in [9.17, 15) is 13.0 Å². The number of aromatic nitrogens is 3. The summed E-state index contributed by atoms with van der Waals surface area (Å²) in [7, 11) is -4.11. The van der Waals surface area contributed by atoms with Crippen molar-refractivity contribution in [3.8, 4) is 0 Å². The van der Waals surface area contributed by atoms with Crippen LogP contribution in [-0.4, -0.2) is 44.8 Å². The molecule has 1 aliphatic heterocycles. The van der Waals surface area contributed by atoms with Crippen LogP contribution in [0.25, 0.3) is 11.0 Å².